The van der Waals surface area contributed by atoms with E-state index < -0.39 is 49.8 Å². The van der Waals surface area contributed by atoms with Gasteiger partial charge in [-0.1, -0.05) is 31.2 Å². The summed E-state index contributed by atoms with van der Waals surface area (Å²) in [6.07, 6.45) is -0.824. The molecule has 0 saturated carbocycles. The van der Waals surface area contributed by atoms with Gasteiger partial charge in [0, 0.05) is 19.5 Å². The maximum Gasteiger partial charge on any atom is 0.262 e. The number of nitrogens with one attached hydrogen (secondary N) is 1. The molecule has 0 aromatic heterocycles. The summed E-state index contributed by atoms with van der Waals surface area (Å²) < 4.78 is 76.2. The molecule has 220 valence electrons. The Bertz CT molecular complexity index is 1600. The zero-order valence-corrected chi connectivity index (χ0v) is 24.4. The summed E-state index contributed by atoms with van der Waals surface area (Å²) in [5.41, 5.74) is -0.0143. The number of anilines is 1. The van der Waals surface area contributed by atoms with Crippen molar-refractivity contribution in [1.82, 2.24) is 9.21 Å². The Kier molecular flexibility index (Phi) is 9.02. The van der Waals surface area contributed by atoms with Crippen LogP contribution in [-0.2, 0) is 20.0 Å². The van der Waals surface area contributed by atoms with E-state index in [0.717, 1.165) is 28.6 Å². The van der Waals surface area contributed by atoms with Crippen LogP contribution in [0.2, 0.25) is 0 Å². The first-order valence-corrected chi connectivity index (χ1v) is 15.8. The van der Waals surface area contributed by atoms with E-state index in [1.165, 1.54) is 42.3 Å². The quantitative estimate of drug-likeness (QED) is 0.383. The predicted octanol–water partition coefficient (Wildman–Crippen LogP) is 3.17. The van der Waals surface area contributed by atoms with E-state index in [9.17, 15) is 31.1 Å². The molecule has 3 aromatic rings. The Morgan fingerprint density at radius 2 is 1.68 bits per heavy atom. The standard InChI is InChI=1S/C28H32FN3O7S2/c1-19-16-32(20(2)18-33)28(34)24-10-7-11-25(30-40(35,36)22-14-12-21(29)13-15-22)27(24)39-26(19)17-31(3)41(37,38)23-8-5-4-6-9-23/h4-15,19-20,26,30,33H,16-18H2,1-3H3/t19-,20+,26-/m1/s1. The van der Waals surface area contributed by atoms with Gasteiger partial charge in [-0.05, 0) is 55.5 Å². The number of likely N-dealkylation sites (N-methyl/N-ethyl adjacent to an activating group) is 1. The summed E-state index contributed by atoms with van der Waals surface area (Å²) in [6, 6.07) is 15.9. The minimum Gasteiger partial charge on any atom is -0.486 e. The van der Waals surface area contributed by atoms with Gasteiger partial charge in [-0.25, -0.2) is 21.2 Å². The number of benzene rings is 3. The lowest BCUT2D eigenvalue weighted by Crippen LogP contribution is -2.50. The van der Waals surface area contributed by atoms with Crippen LogP contribution in [0.4, 0.5) is 10.1 Å². The van der Waals surface area contributed by atoms with Gasteiger partial charge in [-0.2, -0.15) is 4.31 Å². The van der Waals surface area contributed by atoms with Crippen molar-refractivity contribution in [3.05, 3.63) is 84.2 Å². The molecule has 3 atom stereocenters. The Labute approximate surface area is 239 Å². The molecule has 13 heteroatoms. The molecular weight excluding hydrogens is 573 g/mol. The number of sulfonamides is 2. The molecule has 0 unspecified atom stereocenters. The third-order valence-electron chi connectivity index (χ3n) is 6.95. The molecule has 0 spiro atoms. The number of para-hydroxylation sites is 1. The zero-order valence-electron chi connectivity index (χ0n) is 22.8. The van der Waals surface area contributed by atoms with Crippen LogP contribution in [0.25, 0.3) is 0 Å². The molecule has 1 aliphatic rings. The Morgan fingerprint density at radius 3 is 2.32 bits per heavy atom. The highest BCUT2D eigenvalue weighted by atomic mass is 32.2. The van der Waals surface area contributed by atoms with Crippen LogP contribution in [0.15, 0.2) is 82.6 Å². The van der Waals surface area contributed by atoms with Gasteiger partial charge in [0.15, 0.2) is 5.75 Å². The molecular formula is C28H32FN3O7S2. The van der Waals surface area contributed by atoms with Crippen LogP contribution in [0, 0.1) is 11.7 Å². The highest BCUT2D eigenvalue weighted by Crippen LogP contribution is 2.36. The van der Waals surface area contributed by atoms with Crippen molar-refractivity contribution >= 4 is 31.6 Å². The average Bonchev–Trinajstić information content (AvgIpc) is 2.95. The Hall–Kier alpha value is -3.52. The van der Waals surface area contributed by atoms with Gasteiger partial charge in [0.2, 0.25) is 10.0 Å². The lowest BCUT2D eigenvalue weighted by molar-refractivity contribution is 0.0389. The van der Waals surface area contributed by atoms with Crippen LogP contribution < -0.4 is 9.46 Å². The maximum absolute atomic E-state index is 13.6. The molecule has 41 heavy (non-hydrogen) atoms. The molecule has 10 nitrogen and oxygen atoms in total. The van der Waals surface area contributed by atoms with Crippen molar-refractivity contribution in [2.75, 3.05) is 31.5 Å². The van der Waals surface area contributed by atoms with Crippen LogP contribution >= 0.6 is 0 Å². The normalized spacial score (nSPS) is 18.7. The van der Waals surface area contributed by atoms with Gasteiger partial charge < -0.3 is 14.7 Å². The zero-order chi connectivity index (χ0) is 29.9. The largest absolute Gasteiger partial charge is 0.486 e. The first-order valence-electron chi connectivity index (χ1n) is 12.9. The van der Waals surface area contributed by atoms with Crippen molar-refractivity contribution in [3.63, 3.8) is 0 Å². The SMILES string of the molecule is C[C@@H]1CN([C@@H](C)CO)C(=O)c2cccc(NS(=O)(=O)c3ccc(F)cc3)c2O[C@@H]1CN(C)S(=O)(=O)c1ccccc1. The molecule has 0 saturated heterocycles. The summed E-state index contributed by atoms with van der Waals surface area (Å²) in [5, 5.41) is 9.87. The number of hydrogen-bond acceptors (Lipinski definition) is 7. The topological polar surface area (TPSA) is 133 Å². The van der Waals surface area contributed by atoms with E-state index in [2.05, 4.69) is 4.72 Å². The Balaban J connectivity index is 1.76. The van der Waals surface area contributed by atoms with Crippen LogP contribution in [0.5, 0.6) is 5.75 Å². The second kappa shape index (κ2) is 12.1. The van der Waals surface area contributed by atoms with Crippen molar-refractivity contribution < 1.29 is 35.9 Å². The Morgan fingerprint density at radius 1 is 1.02 bits per heavy atom. The van der Waals surface area contributed by atoms with E-state index in [4.69, 9.17) is 4.74 Å². The lowest BCUT2D eigenvalue weighted by Gasteiger charge is -2.38. The van der Waals surface area contributed by atoms with Gasteiger partial charge in [0.05, 0.1) is 40.2 Å². The van der Waals surface area contributed by atoms with Crippen LogP contribution in [-0.4, -0.2) is 75.9 Å². The van der Waals surface area contributed by atoms with Crippen molar-refractivity contribution in [2.24, 2.45) is 5.92 Å². The molecule has 1 heterocycles. The minimum atomic E-state index is -4.22. The molecule has 0 radical (unpaired) electrons. The fourth-order valence-electron chi connectivity index (χ4n) is 4.48. The lowest BCUT2D eigenvalue weighted by atomic mass is 9.99. The number of fused-ring (bicyclic) bond motifs is 1. The minimum absolute atomic E-state index is 0.0371. The monoisotopic (exact) mass is 605 g/mol. The van der Waals surface area contributed by atoms with Gasteiger partial charge >= 0.3 is 0 Å². The van der Waals surface area contributed by atoms with Gasteiger partial charge in [-0.15, -0.1) is 0 Å². The molecule has 0 bridgehead atoms. The average molecular weight is 606 g/mol. The summed E-state index contributed by atoms with van der Waals surface area (Å²) >= 11 is 0. The number of amides is 1. The fraction of sp³-hybridized carbons (Fsp3) is 0.321. The number of carbonyl (C=O) groups excluding carboxylic acids is 1. The first-order chi connectivity index (χ1) is 19.3. The van der Waals surface area contributed by atoms with Gasteiger partial charge in [0.25, 0.3) is 15.9 Å². The number of ether oxygens (including phenoxy) is 1. The molecule has 4 rings (SSSR count). The smallest absolute Gasteiger partial charge is 0.262 e. The number of nitrogens with zero attached hydrogens (tertiary/aromatic N) is 2. The van der Waals surface area contributed by atoms with E-state index in [-0.39, 0.29) is 46.5 Å². The molecule has 2 N–H and O–H groups in total. The molecule has 1 aliphatic heterocycles. The third-order valence-corrected chi connectivity index (χ3v) is 10.2. The van der Waals surface area contributed by atoms with Gasteiger partial charge in [-0.3, -0.25) is 9.52 Å². The number of rotatable bonds is 9. The van der Waals surface area contributed by atoms with E-state index in [1.54, 1.807) is 32.0 Å². The first kappa shape index (κ1) is 30.4. The highest BCUT2D eigenvalue weighted by molar-refractivity contribution is 7.92. The second-order valence-corrected chi connectivity index (χ2v) is 13.7. The highest BCUT2D eigenvalue weighted by Gasteiger charge is 2.36. The summed E-state index contributed by atoms with van der Waals surface area (Å²) in [5.74, 6) is -1.61. The fourth-order valence-corrected chi connectivity index (χ4v) is 6.75. The van der Waals surface area contributed by atoms with E-state index >= 15 is 0 Å². The van der Waals surface area contributed by atoms with E-state index in [0.29, 0.717) is 0 Å². The van der Waals surface area contributed by atoms with Crippen molar-refractivity contribution in [2.45, 2.75) is 35.8 Å². The molecule has 1 amide bonds. The number of aliphatic hydroxyl groups is 1. The predicted molar refractivity (Wildman–Crippen MR) is 151 cm³/mol. The van der Waals surface area contributed by atoms with E-state index in [1.807, 2.05) is 0 Å². The number of carbonyl (C=O) groups is 1. The van der Waals surface area contributed by atoms with Crippen molar-refractivity contribution in [1.29, 1.82) is 0 Å². The van der Waals surface area contributed by atoms with Gasteiger partial charge in [0.1, 0.15) is 11.9 Å². The second-order valence-electron chi connectivity index (χ2n) is 9.96. The molecule has 3 aromatic carbocycles. The maximum atomic E-state index is 13.6. The summed E-state index contributed by atoms with van der Waals surface area (Å²) in [7, 11) is -6.69. The molecule has 0 aliphatic carbocycles. The number of halogens is 1. The summed E-state index contributed by atoms with van der Waals surface area (Å²) in [6.45, 7) is 3.17. The van der Waals surface area contributed by atoms with Crippen LogP contribution in [0.3, 0.4) is 0 Å². The number of hydrogen-bond donors (Lipinski definition) is 2. The number of aliphatic hydroxyl groups excluding tert-OH is 1. The van der Waals surface area contributed by atoms with Crippen molar-refractivity contribution in [3.8, 4) is 5.75 Å². The summed E-state index contributed by atoms with van der Waals surface area (Å²) in [4.78, 5) is 15.0. The molecule has 0 fully saturated rings. The van der Waals surface area contributed by atoms with Crippen LogP contribution in [0.1, 0.15) is 24.2 Å². The third kappa shape index (κ3) is 6.53.